The van der Waals surface area contributed by atoms with E-state index in [1.165, 1.54) is 16.2 Å². The van der Waals surface area contributed by atoms with Crippen molar-refractivity contribution in [2.75, 3.05) is 17.7 Å². The number of aromatic nitrogens is 1. The molecule has 3 rings (SSSR count). The first kappa shape index (κ1) is 17.8. The second kappa shape index (κ2) is 8.36. The van der Waals surface area contributed by atoms with Gasteiger partial charge in [-0.25, -0.2) is 4.98 Å². The van der Waals surface area contributed by atoms with E-state index < -0.39 is 0 Å². The van der Waals surface area contributed by atoms with Crippen LogP contribution in [0.5, 0.6) is 5.75 Å². The van der Waals surface area contributed by atoms with E-state index in [1.807, 2.05) is 37.3 Å². The molecule has 25 heavy (non-hydrogen) atoms. The topological polar surface area (TPSA) is 51.2 Å². The second-order valence-electron chi connectivity index (χ2n) is 5.36. The molecule has 0 spiro atoms. The molecule has 1 heterocycles. The fraction of sp³-hybridized carbons (Fsp3) is 0.263. The lowest BCUT2D eigenvalue weighted by molar-refractivity contribution is -0.115. The highest BCUT2D eigenvalue weighted by Gasteiger charge is 2.11. The Bertz CT molecular complexity index is 859. The van der Waals surface area contributed by atoms with Gasteiger partial charge in [0.1, 0.15) is 11.3 Å². The number of amides is 1. The molecular weight excluding hydrogens is 352 g/mol. The maximum Gasteiger partial charge on any atom is 0.230 e. The Morgan fingerprint density at radius 1 is 1.20 bits per heavy atom. The summed E-state index contributed by atoms with van der Waals surface area (Å²) in [5, 5.41) is 3.50. The van der Waals surface area contributed by atoms with Crippen molar-refractivity contribution in [1.82, 2.24) is 4.98 Å². The molecule has 0 unspecified atom stereocenters. The average Bonchev–Trinajstić information content (AvgIpc) is 3.00. The van der Waals surface area contributed by atoms with Gasteiger partial charge in [-0.3, -0.25) is 4.79 Å². The molecule has 0 aliphatic rings. The van der Waals surface area contributed by atoms with Crippen LogP contribution in [0.25, 0.3) is 10.2 Å². The number of hydrogen-bond acceptors (Lipinski definition) is 5. The monoisotopic (exact) mass is 372 g/mol. The van der Waals surface area contributed by atoms with Crippen molar-refractivity contribution >= 4 is 44.4 Å². The zero-order valence-electron chi connectivity index (χ0n) is 14.2. The molecule has 4 nitrogen and oxygen atoms in total. The van der Waals surface area contributed by atoms with Crippen LogP contribution in [0, 0.1) is 0 Å². The molecule has 1 N–H and O–H groups in total. The highest BCUT2D eigenvalue weighted by molar-refractivity contribution is 7.99. The third-order valence-electron chi connectivity index (χ3n) is 3.53. The number of thioether (sulfide) groups is 1. The molecule has 2 aromatic carbocycles. The van der Waals surface area contributed by atoms with Crippen molar-refractivity contribution < 1.29 is 9.53 Å². The summed E-state index contributed by atoms with van der Waals surface area (Å²) in [6.45, 7) is 4.66. The first-order valence-corrected chi connectivity index (χ1v) is 10.0. The number of nitrogens with one attached hydrogen (secondary N) is 1. The van der Waals surface area contributed by atoms with Crippen LogP contribution >= 0.6 is 23.1 Å². The highest BCUT2D eigenvalue weighted by atomic mass is 32.2. The maximum atomic E-state index is 12.3. The Hall–Kier alpha value is -2.05. The van der Waals surface area contributed by atoms with E-state index in [0.29, 0.717) is 18.2 Å². The number of anilines is 1. The molecule has 6 heteroatoms. The summed E-state index contributed by atoms with van der Waals surface area (Å²) in [5.74, 6) is 1.73. The Balaban J connectivity index is 1.68. The number of nitrogens with zero attached hydrogens (tertiary/aromatic N) is 1. The minimum absolute atomic E-state index is 0.0621. The summed E-state index contributed by atoms with van der Waals surface area (Å²) in [6, 6.07) is 13.9. The number of carbonyl (C=O) groups is 1. The van der Waals surface area contributed by atoms with E-state index in [9.17, 15) is 4.79 Å². The van der Waals surface area contributed by atoms with Crippen molar-refractivity contribution in [3.05, 3.63) is 48.0 Å². The number of benzene rings is 2. The van der Waals surface area contributed by atoms with Crippen molar-refractivity contribution in [2.45, 2.75) is 25.2 Å². The molecule has 0 aliphatic carbocycles. The van der Waals surface area contributed by atoms with Crippen LogP contribution in [0.2, 0.25) is 0 Å². The van der Waals surface area contributed by atoms with E-state index >= 15 is 0 Å². The molecule has 0 fully saturated rings. The van der Waals surface area contributed by atoms with Crippen LogP contribution in [0.3, 0.4) is 0 Å². The van der Waals surface area contributed by atoms with Gasteiger partial charge in [-0.15, -0.1) is 11.8 Å². The zero-order chi connectivity index (χ0) is 17.6. The summed E-state index contributed by atoms with van der Waals surface area (Å²) in [6.07, 6.45) is 0.339. The third-order valence-corrected chi connectivity index (χ3v) is 5.36. The first-order valence-electron chi connectivity index (χ1n) is 8.23. The van der Waals surface area contributed by atoms with Crippen molar-refractivity contribution in [2.24, 2.45) is 0 Å². The fourth-order valence-corrected chi connectivity index (χ4v) is 4.03. The van der Waals surface area contributed by atoms with E-state index in [4.69, 9.17) is 4.74 Å². The largest absolute Gasteiger partial charge is 0.492 e. The van der Waals surface area contributed by atoms with Gasteiger partial charge in [0.15, 0.2) is 5.13 Å². The Morgan fingerprint density at radius 3 is 2.72 bits per heavy atom. The van der Waals surface area contributed by atoms with E-state index in [2.05, 4.69) is 29.4 Å². The van der Waals surface area contributed by atoms with Gasteiger partial charge < -0.3 is 10.1 Å². The SMILES string of the molecule is CCOc1cccc2sc(NC(=O)Cc3ccc(SCC)cc3)nc12. The van der Waals surface area contributed by atoms with Gasteiger partial charge in [-0.05, 0) is 42.5 Å². The van der Waals surface area contributed by atoms with Crippen molar-refractivity contribution in [3.63, 3.8) is 0 Å². The summed E-state index contributed by atoms with van der Waals surface area (Å²) in [5.41, 5.74) is 1.79. The molecule has 1 amide bonds. The summed E-state index contributed by atoms with van der Waals surface area (Å²) < 4.78 is 6.60. The van der Waals surface area contributed by atoms with Crippen molar-refractivity contribution in [3.8, 4) is 5.75 Å². The molecule has 130 valence electrons. The van der Waals surface area contributed by atoms with Crippen LogP contribution < -0.4 is 10.1 Å². The van der Waals surface area contributed by atoms with Crippen LogP contribution in [0.1, 0.15) is 19.4 Å². The molecule has 0 bridgehead atoms. The number of fused-ring (bicyclic) bond motifs is 1. The molecule has 0 saturated carbocycles. The van der Waals surface area contributed by atoms with E-state index in [1.54, 1.807) is 11.8 Å². The molecule has 0 radical (unpaired) electrons. The van der Waals surface area contributed by atoms with Gasteiger partial charge in [-0.1, -0.05) is 36.5 Å². The minimum atomic E-state index is -0.0621. The summed E-state index contributed by atoms with van der Waals surface area (Å²) in [7, 11) is 0. The van der Waals surface area contributed by atoms with Gasteiger partial charge in [-0.2, -0.15) is 0 Å². The predicted molar refractivity (Wildman–Crippen MR) is 106 cm³/mol. The van der Waals surface area contributed by atoms with Gasteiger partial charge >= 0.3 is 0 Å². The van der Waals surface area contributed by atoms with Gasteiger partial charge in [0.25, 0.3) is 0 Å². The van der Waals surface area contributed by atoms with Crippen molar-refractivity contribution in [1.29, 1.82) is 0 Å². The van der Waals surface area contributed by atoms with E-state index in [-0.39, 0.29) is 5.91 Å². The summed E-state index contributed by atoms with van der Waals surface area (Å²) >= 11 is 3.25. The average molecular weight is 373 g/mol. The number of rotatable bonds is 7. The van der Waals surface area contributed by atoms with Gasteiger partial charge in [0, 0.05) is 4.90 Å². The summed E-state index contributed by atoms with van der Waals surface area (Å²) in [4.78, 5) is 18.0. The standard InChI is InChI=1S/C19H20N2O2S2/c1-3-23-15-6-5-7-16-18(15)21-19(25-16)20-17(22)12-13-8-10-14(11-9-13)24-4-2/h5-11H,3-4,12H2,1-2H3,(H,20,21,22). The van der Waals surface area contributed by atoms with Crippen LogP contribution in [-0.4, -0.2) is 23.3 Å². The molecule has 0 atom stereocenters. The Kier molecular flexibility index (Phi) is 5.94. The molecule has 1 aromatic heterocycles. The molecular formula is C19H20N2O2S2. The number of hydrogen-bond donors (Lipinski definition) is 1. The first-order chi connectivity index (χ1) is 12.2. The number of ether oxygens (including phenoxy) is 1. The fourth-order valence-electron chi connectivity index (χ4n) is 2.47. The molecule has 0 aliphatic heterocycles. The zero-order valence-corrected chi connectivity index (χ0v) is 15.9. The smallest absolute Gasteiger partial charge is 0.230 e. The Labute approximate surface area is 155 Å². The lowest BCUT2D eigenvalue weighted by Crippen LogP contribution is -2.14. The molecule has 3 aromatic rings. The number of carbonyl (C=O) groups excluding carboxylic acids is 1. The highest BCUT2D eigenvalue weighted by Crippen LogP contribution is 2.32. The van der Waals surface area contributed by atoms with E-state index in [0.717, 1.165) is 27.3 Å². The third kappa shape index (κ3) is 4.52. The predicted octanol–water partition coefficient (Wildman–Crippen LogP) is 4.99. The second-order valence-corrected chi connectivity index (χ2v) is 7.72. The maximum absolute atomic E-state index is 12.3. The number of thiazole rings is 1. The van der Waals surface area contributed by atoms with Crippen LogP contribution in [0.4, 0.5) is 5.13 Å². The Morgan fingerprint density at radius 2 is 2.00 bits per heavy atom. The lowest BCUT2D eigenvalue weighted by Gasteiger charge is -2.04. The lowest BCUT2D eigenvalue weighted by atomic mass is 10.1. The molecule has 0 saturated heterocycles. The van der Waals surface area contributed by atoms with Crippen LogP contribution in [-0.2, 0) is 11.2 Å². The quantitative estimate of drug-likeness (QED) is 0.594. The number of para-hydroxylation sites is 1. The van der Waals surface area contributed by atoms with Gasteiger partial charge in [0.2, 0.25) is 5.91 Å². The normalized spacial score (nSPS) is 10.8. The van der Waals surface area contributed by atoms with Crippen LogP contribution in [0.15, 0.2) is 47.4 Å². The van der Waals surface area contributed by atoms with Gasteiger partial charge in [0.05, 0.1) is 17.7 Å². The minimum Gasteiger partial charge on any atom is -0.492 e.